The van der Waals surface area contributed by atoms with Crippen molar-refractivity contribution in [3.05, 3.63) is 30.3 Å². The van der Waals surface area contributed by atoms with Gasteiger partial charge in [-0.3, -0.25) is 9.59 Å². The Morgan fingerprint density at radius 1 is 1.29 bits per heavy atom. The lowest BCUT2D eigenvalue weighted by Gasteiger charge is -2.06. The number of nitrogens with one attached hydrogen (secondary N) is 1. The van der Waals surface area contributed by atoms with Crippen LogP contribution in [0.4, 0.5) is 5.69 Å². The SMILES string of the molecule is CC(=O)[C@H](Cl)C(=O)Nc1ccccc1. The van der Waals surface area contributed by atoms with E-state index < -0.39 is 11.3 Å². The molecule has 14 heavy (non-hydrogen) atoms. The van der Waals surface area contributed by atoms with Gasteiger partial charge in [0.15, 0.2) is 11.2 Å². The van der Waals surface area contributed by atoms with Gasteiger partial charge in [0.2, 0.25) is 5.91 Å². The number of benzene rings is 1. The zero-order valence-corrected chi connectivity index (χ0v) is 8.41. The summed E-state index contributed by atoms with van der Waals surface area (Å²) in [5, 5.41) is 1.42. The Hall–Kier alpha value is -1.35. The first kappa shape index (κ1) is 10.7. The number of carbonyl (C=O) groups is 2. The number of alkyl halides is 1. The maximum atomic E-state index is 11.3. The van der Waals surface area contributed by atoms with E-state index in [0.29, 0.717) is 5.69 Å². The molecule has 74 valence electrons. The molecule has 1 aromatic carbocycles. The summed E-state index contributed by atoms with van der Waals surface area (Å²) >= 11 is 5.55. The van der Waals surface area contributed by atoms with Crippen LogP contribution in [-0.2, 0) is 9.59 Å². The minimum atomic E-state index is -1.12. The molecule has 0 unspecified atom stereocenters. The van der Waals surface area contributed by atoms with Gasteiger partial charge in [-0.05, 0) is 19.1 Å². The maximum Gasteiger partial charge on any atom is 0.250 e. The number of ketones is 1. The van der Waals surface area contributed by atoms with E-state index in [2.05, 4.69) is 5.32 Å². The lowest BCUT2D eigenvalue weighted by Crippen LogP contribution is -2.28. The lowest BCUT2D eigenvalue weighted by atomic mass is 10.2. The number of rotatable bonds is 3. The average Bonchev–Trinajstić information content (AvgIpc) is 2.18. The molecule has 4 heteroatoms. The standard InChI is InChI=1S/C10H10ClNO2/c1-7(13)9(11)10(14)12-8-5-3-2-4-6-8/h2-6,9H,1H3,(H,12,14)/t9-/m0/s1. The summed E-state index contributed by atoms with van der Waals surface area (Å²) < 4.78 is 0. The summed E-state index contributed by atoms with van der Waals surface area (Å²) in [6.07, 6.45) is 0. The van der Waals surface area contributed by atoms with Crippen molar-refractivity contribution in [1.29, 1.82) is 0 Å². The molecule has 1 atom stereocenters. The normalized spacial score (nSPS) is 11.9. The van der Waals surface area contributed by atoms with E-state index in [-0.39, 0.29) is 5.78 Å². The van der Waals surface area contributed by atoms with E-state index in [0.717, 1.165) is 0 Å². The molecular formula is C10H10ClNO2. The molecule has 1 amide bonds. The zero-order chi connectivity index (χ0) is 10.6. The topological polar surface area (TPSA) is 46.2 Å². The first-order valence-corrected chi connectivity index (χ1v) is 4.55. The summed E-state index contributed by atoms with van der Waals surface area (Å²) in [7, 11) is 0. The fraction of sp³-hybridized carbons (Fsp3) is 0.200. The second-order valence-electron chi connectivity index (χ2n) is 2.83. The van der Waals surface area contributed by atoms with Crippen molar-refractivity contribution in [3.8, 4) is 0 Å². The fourth-order valence-corrected chi connectivity index (χ4v) is 0.966. The van der Waals surface area contributed by atoms with Gasteiger partial charge in [-0.25, -0.2) is 0 Å². The summed E-state index contributed by atoms with van der Waals surface area (Å²) in [5.74, 6) is -0.856. The molecule has 0 aliphatic heterocycles. The van der Waals surface area contributed by atoms with Crippen LogP contribution in [-0.4, -0.2) is 17.1 Å². The minimum Gasteiger partial charge on any atom is -0.324 e. The summed E-state index contributed by atoms with van der Waals surface area (Å²) in [5.41, 5.74) is 0.629. The Bertz CT molecular complexity index is 337. The number of amides is 1. The smallest absolute Gasteiger partial charge is 0.250 e. The second kappa shape index (κ2) is 4.77. The molecule has 0 aromatic heterocycles. The van der Waals surface area contributed by atoms with Gasteiger partial charge in [-0.2, -0.15) is 0 Å². The molecule has 0 bridgehead atoms. The Labute approximate surface area is 87.1 Å². The van der Waals surface area contributed by atoms with Crippen molar-refractivity contribution in [2.45, 2.75) is 12.3 Å². The van der Waals surface area contributed by atoms with Crippen molar-refractivity contribution in [1.82, 2.24) is 0 Å². The molecule has 0 saturated heterocycles. The lowest BCUT2D eigenvalue weighted by molar-refractivity contribution is -0.123. The molecule has 1 rings (SSSR count). The van der Waals surface area contributed by atoms with Crippen LogP contribution in [0.25, 0.3) is 0 Å². The van der Waals surface area contributed by atoms with Crippen LogP contribution in [0.3, 0.4) is 0 Å². The third-order valence-corrected chi connectivity index (χ3v) is 2.13. The van der Waals surface area contributed by atoms with Crippen LogP contribution in [0.2, 0.25) is 0 Å². The Kier molecular flexibility index (Phi) is 3.65. The molecule has 1 aromatic rings. The highest BCUT2D eigenvalue weighted by Gasteiger charge is 2.19. The van der Waals surface area contributed by atoms with Crippen molar-refractivity contribution < 1.29 is 9.59 Å². The van der Waals surface area contributed by atoms with E-state index in [9.17, 15) is 9.59 Å². The number of Topliss-reactive ketones (excluding diaryl/α,β-unsaturated/α-hetero) is 1. The molecule has 0 aliphatic carbocycles. The number of hydrogen-bond acceptors (Lipinski definition) is 2. The quantitative estimate of drug-likeness (QED) is 0.613. The monoisotopic (exact) mass is 211 g/mol. The molecule has 0 fully saturated rings. The van der Waals surface area contributed by atoms with Gasteiger partial charge >= 0.3 is 0 Å². The van der Waals surface area contributed by atoms with Gasteiger partial charge in [0.1, 0.15) is 0 Å². The molecule has 0 saturated carbocycles. The first-order valence-electron chi connectivity index (χ1n) is 4.11. The van der Waals surface area contributed by atoms with Crippen molar-refractivity contribution >= 4 is 29.0 Å². The number of anilines is 1. The molecule has 0 spiro atoms. The predicted molar refractivity (Wildman–Crippen MR) is 55.4 cm³/mol. The molecule has 0 aliphatic rings. The molecule has 0 heterocycles. The average molecular weight is 212 g/mol. The first-order chi connectivity index (χ1) is 6.61. The zero-order valence-electron chi connectivity index (χ0n) is 7.66. The largest absolute Gasteiger partial charge is 0.324 e. The van der Waals surface area contributed by atoms with Crippen LogP contribution < -0.4 is 5.32 Å². The van der Waals surface area contributed by atoms with Gasteiger partial charge in [0.05, 0.1) is 0 Å². The maximum absolute atomic E-state index is 11.3. The van der Waals surface area contributed by atoms with Crippen LogP contribution in [0, 0.1) is 0 Å². The van der Waals surface area contributed by atoms with Gasteiger partial charge in [0.25, 0.3) is 0 Å². The van der Waals surface area contributed by atoms with Crippen molar-refractivity contribution in [2.75, 3.05) is 5.32 Å². The Balaban J connectivity index is 2.62. The van der Waals surface area contributed by atoms with Crippen molar-refractivity contribution in [3.63, 3.8) is 0 Å². The third-order valence-electron chi connectivity index (χ3n) is 1.63. The van der Waals surface area contributed by atoms with Crippen LogP contribution in [0.1, 0.15) is 6.92 Å². The summed E-state index contributed by atoms with van der Waals surface area (Å²) in [4.78, 5) is 22.1. The van der Waals surface area contributed by atoms with E-state index >= 15 is 0 Å². The van der Waals surface area contributed by atoms with E-state index in [1.165, 1.54) is 6.92 Å². The number of halogens is 1. The minimum absolute atomic E-state index is 0.361. The summed E-state index contributed by atoms with van der Waals surface area (Å²) in [6.45, 7) is 1.28. The van der Waals surface area contributed by atoms with Gasteiger partial charge in [-0.1, -0.05) is 18.2 Å². The summed E-state index contributed by atoms with van der Waals surface area (Å²) in [6, 6.07) is 8.85. The van der Waals surface area contributed by atoms with E-state index in [1.807, 2.05) is 6.07 Å². The van der Waals surface area contributed by atoms with Crippen LogP contribution in [0.15, 0.2) is 30.3 Å². The highest BCUT2D eigenvalue weighted by Crippen LogP contribution is 2.07. The Morgan fingerprint density at radius 2 is 1.86 bits per heavy atom. The van der Waals surface area contributed by atoms with Gasteiger partial charge in [-0.15, -0.1) is 11.6 Å². The molecule has 1 N–H and O–H groups in total. The fourth-order valence-electron chi connectivity index (χ4n) is 0.912. The molecule has 0 radical (unpaired) electrons. The van der Waals surface area contributed by atoms with E-state index in [4.69, 9.17) is 11.6 Å². The van der Waals surface area contributed by atoms with Gasteiger partial charge in [0, 0.05) is 5.69 Å². The Morgan fingerprint density at radius 3 is 2.36 bits per heavy atom. The second-order valence-corrected chi connectivity index (χ2v) is 3.26. The van der Waals surface area contributed by atoms with E-state index in [1.54, 1.807) is 24.3 Å². The molecule has 3 nitrogen and oxygen atoms in total. The number of carbonyl (C=O) groups excluding carboxylic acids is 2. The molecular weight excluding hydrogens is 202 g/mol. The third kappa shape index (κ3) is 2.85. The van der Waals surface area contributed by atoms with Crippen LogP contribution >= 0.6 is 11.6 Å². The van der Waals surface area contributed by atoms with Gasteiger partial charge < -0.3 is 5.32 Å². The number of para-hydroxylation sites is 1. The van der Waals surface area contributed by atoms with Crippen molar-refractivity contribution in [2.24, 2.45) is 0 Å². The predicted octanol–water partition coefficient (Wildman–Crippen LogP) is 1.82. The highest BCUT2D eigenvalue weighted by atomic mass is 35.5. The highest BCUT2D eigenvalue weighted by molar-refractivity contribution is 6.42. The van der Waals surface area contributed by atoms with Crippen LogP contribution in [0.5, 0.6) is 0 Å². The number of hydrogen-bond donors (Lipinski definition) is 1.